The first-order valence-electron chi connectivity index (χ1n) is 10.4. The molecule has 5 heteroatoms. The largest absolute Gasteiger partial charge is 0.353 e. The molecule has 0 aromatic rings. The van der Waals surface area contributed by atoms with E-state index in [4.69, 9.17) is 0 Å². The second-order valence-corrected chi connectivity index (χ2v) is 8.70. The van der Waals surface area contributed by atoms with Crippen molar-refractivity contribution in [1.82, 2.24) is 10.6 Å². The van der Waals surface area contributed by atoms with Crippen LogP contribution in [0, 0.1) is 0 Å². The first-order valence-corrected chi connectivity index (χ1v) is 11.6. The van der Waals surface area contributed by atoms with Gasteiger partial charge in [-0.15, -0.1) is 11.8 Å². The van der Waals surface area contributed by atoms with Crippen LogP contribution in [0.3, 0.4) is 0 Å². The zero-order valence-electron chi connectivity index (χ0n) is 15.7. The number of hydrogen-bond donors (Lipinski definition) is 2. The summed E-state index contributed by atoms with van der Waals surface area (Å²) in [6, 6.07) is 0.689. The number of nitrogens with one attached hydrogen (secondary N) is 2. The molecule has 0 atom stereocenters. The van der Waals surface area contributed by atoms with Crippen molar-refractivity contribution >= 4 is 23.6 Å². The molecule has 0 heterocycles. The zero-order chi connectivity index (χ0) is 17.7. The zero-order valence-corrected chi connectivity index (χ0v) is 16.5. The number of thioether (sulfide) groups is 1. The SMILES string of the molecule is O=C(CSCC(=O)NC1CCCCCCC1)NC1CCCCCCC1. The molecular weight excluding hydrogens is 332 g/mol. The highest BCUT2D eigenvalue weighted by Crippen LogP contribution is 2.18. The molecule has 0 bridgehead atoms. The highest BCUT2D eigenvalue weighted by atomic mass is 32.2. The summed E-state index contributed by atoms with van der Waals surface area (Å²) in [6.45, 7) is 0. The molecule has 25 heavy (non-hydrogen) atoms. The smallest absolute Gasteiger partial charge is 0.230 e. The van der Waals surface area contributed by atoms with Gasteiger partial charge in [0.2, 0.25) is 11.8 Å². The van der Waals surface area contributed by atoms with Crippen LogP contribution in [-0.4, -0.2) is 35.4 Å². The van der Waals surface area contributed by atoms with Crippen LogP contribution in [0.5, 0.6) is 0 Å². The molecule has 2 fully saturated rings. The monoisotopic (exact) mass is 368 g/mol. The molecule has 144 valence electrons. The number of rotatable bonds is 6. The highest BCUT2D eigenvalue weighted by molar-refractivity contribution is 8.00. The van der Waals surface area contributed by atoms with Crippen LogP contribution in [-0.2, 0) is 9.59 Å². The summed E-state index contributed by atoms with van der Waals surface area (Å²) in [4.78, 5) is 24.2. The summed E-state index contributed by atoms with van der Waals surface area (Å²) in [5.41, 5.74) is 0. The van der Waals surface area contributed by atoms with E-state index in [0.717, 1.165) is 25.7 Å². The van der Waals surface area contributed by atoms with E-state index < -0.39 is 0 Å². The van der Waals surface area contributed by atoms with Crippen molar-refractivity contribution in [1.29, 1.82) is 0 Å². The Balaban J connectivity index is 1.57. The number of hydrogen-bond acceptors (Lipinski definition) is 3. The summed E-state index contributed by atoms with van der Waals surface area (Å²) < 4.78 is 0. The fourth-order valence-electron chi connectivity index (χ4n) is 3.98. The molecule has 0 aromatic carbocycles. The maximum absolute atomic E-state index is 12.1. The van der Waals surface area contributed by atoms with Crippen LogP contribution >= 0.6 is 11.8 Å². The van der Waals surface area contributed by atoms with E-state index in [1.54, 1.807) is 0 Å². The molecule has 0 radical (unpaired) electrons. The van der Waals surface area contributed by atoms with Gasteiger partial charge in [0.25, 0.3) is 0 Å². The Morgan fingerprint density at radius 1 is 0.600 bits per heavy atom. The molecule has 2 saturated carbocycles. The summed E-state index contributed by atoms with van der Waals surface area (Å²) in [6.07, 6.45) is 17.2. The van der Waals surface area contributed by atoms with Gasteiger partial charge in [0, 0.05) is 12.1 Å². The Hall–Kier alpha value is -0.710. The van der Waals surface area contributed by atoms with Gasteiger partial charge in [0.05, 0.1) is 11.5 Å². The normalized spacial score (nSPS) is 21.4. The van der Waals surface area contributed by atoms with Gasteiger partial charge in [0.1, 0.15) is 0 Å². The Labute approximate surface area is 157 Å². The van der Waals surface area contributed by atoms with Crippen LogP contribution in [0.15, 0.2) is 0 Å². The van der Waals surface area contributed by atoms with Gasteiger partial charge in [-0.05, 0) is 25.7 Å². The van der Waals surface area contributed by atoms with E-state index in [9.17, 15) is 9.59 Å². The minimum absolute atomic E-state index is 0.0920. The third kappa shape index (κ3) is 9.53. The molecule has 2 rings (SSSR count). The molecule has 0 aliphatic heterocycles. The van der Waals surface area contributed by atoms with Gasteiger partial charge in [-0.25, -0.2) is 0 Å². The highest BCUT2D eigenvalue weighted by Gasteiger charge is 2.16. The van der Waals surface area contributed by atoms with Crippen molar-refractivity contribution in [2.75, 3.05) is 11.5 Å². The summed E-state index contributed by atoms with van der Waals surface area (Å²) in [5, 5.41) is 6.33. The summed E-state index contributed by atoms with van der Waals surface area (Å²) in [7, 11) is 0. The van der Waals surface area contributed by atoms with E-state index in [0.29, 0.717) is 23.6 Å². The first-order chi connectivity index (χ1) is 12.2. The fraction of sp³-hybridized carbons (Fsp3) is 0.900. The maximum atomic E-state index is 12.1. The predicted octanol–water partition coefficient (Wildman–Crippen LogP) is 4.18. The van der Waals surface area contributed by atoms with Crippen molar-refractivity contribution in [3.8, 4) is 0 Å². The van der Waals surface area contributed by atoms with Crippen molar-refractivity contribution in [3.05, 3.63) is 0 Å². The Morgan fingerprint density at radius 3 is 1.28 bits per heavy atom. The van der Waals surface area contributed by atoms with E-state index in [1.165, 1.54) is 76.0 Å². The van der Waals surface area contributed by atoms with Gasteiger partial charge in [-0.2, -0.15) is 0 Å². The van der Waals surface area contributed by atoms with Gasteiger partial charge in [-0.1, -0.05) is 64.2 Å². The number of amides is 2. The van der Waals surface area contributed by atoms with Gasteiger partial charge in [0.15, 0.2) is 0 Å². The maximum Gasteiger partial charge on any atom is 0.230 e. The van der Waals surface area contributed by atoms with E-state index in [-0.39, 0.29) is 11.8 Å². The molecule has 2 N–H and O–H groups in total. The first kappa shape index (κ1) is 20.6. The lowest BCUT2D eigenvalue weighted by Gasteiger charge is -2.21. The van der Waals surface area contributed by atoms with E-state index in [1.807, 2.05) is 0 Å². The molecule has 4 nitrogen and oxygen atoms in total. The third-order valence-electron chi connectivity index (χ3n) is 5.41. The van der Waals surface area contributed by atoms with Crippen LogP contribution < -0.4 is 10.6 Å². The molecular formula is C20H36N2O2S. The lowest BCUT2D eigenvalue weighted by Crippen LogP contribution is -2.38. The standard InChI is InChI=1S/C20H36N2O2S/c23-19(21-17-11-7-3-1-4-8-12-17)15-25-16-20(24)22-18-13-9-5-2-6-10-14-18/h17-18H,1-16H2,(H,21,23)(H,22,24). The van der Waals surface area contributed by atoms with Crippen molar-refractivity contribution in [3.63, 3.8) is 0 Å². The van der Waals surface area contributed by atoms with Crippen LogP contribution in [0.25, 0.3) is 0 Å². The van der Waals surface area contributed by atoms with Gasteiger partial charge in [-0.3, -0.25) is 9.59 Å². The average Bonchev–Trinajstić information content (AvgIpc) is 2.52. The molecule has 2 amide bonds. The van der Waals surface area contributed by atoms with Crippen LogP contribution in [0.4, 0.5) is 0 Å². The molecule has 0 saturated heterocycles. The minimum atomic E-state index is 0.0920. The Bertz CT molecular complexity index is 351. The van der Waals surface area contributed by atoms with Gasteiger partial charge < -0.3 is 10.6 Å². The lowest BCUT2D eigenvalue weighted by molar-refractivity contribution is -0.119. The second-order valence-electron chi connectivity index (χ2n) is 7.71. The molecule has 0 aromatic heterocycles. The average molecular weight is 369 g/mol. The lowest BCUT2D eigenvalue weighted by atomic mass is 9.97. The summed E-state index contributed by atoms with van der Waals surface area (Å²) >= 11 is 1.44. The van der Waals surface area contributed by atoms with E-state index >= 15 is 0 Å². The molecule has 0 unspecified atom stereocenters. The van der Waals surface area contributed by atoms with Crippen molar-refractivity contribution < 1.29 is 9.59 Å². The topological polar surface area (TPSA) is 58.2 Å². The van der Waals surface area contributed by atoms with Crippen LogP contribution in [0.1, 0.15) is 89.9 Å². The van der Waals surface area contributed by atoms with Crippen molar-refractivity contribution in [2.45, 2.75) is 102 Å². The predicted molar refractivity (Wildman–Crippen MR) is 106 cm³/mol. The number of carbonyl (C=O) groups excluding carboxylic acids is 2. The summed E-state index contributed by atoms with van der Waals surface area (Å²) in [5.74, 6) is 0.979. The second kappa shape index (κ2) is 12.6. The fourth-order valence-corrected chi connectivity index (χ4v) is 4.62. The molecule has 2 aliphatic carbocycles. The van der Waals surface area contributed by atoms with Crippen molar-refractivity contribution in [2.24, 2.45) is 0 Å². The van der Waals surface area contributed by atoms with Gasteiger partial charge >= 0.3 is 0 Å². The van der Waals surface area contributed by atoms with E-state index in [2.05, 4.69) is 10.6 Å². The molecule has 0 spiro atoms. The Kier molecular flexibility index (Phi) is 10.4. The quantitative estimate of drug-likeness (QED) is 0.739. The molecule has 2 aliphatic rings. The third-order valence-corrected chi connectivity index (χ3v) is 6.34. The van der Waals surface area contributed by atoms with Crippen LogP contribution in [0.2, 0.25) is 0 Å². The Morgan fingerprint density at radius 2 is 0.920 bits per heavy atom. The number of carbonyl (C=O) groups is 2. The minimum Gasteiger partial charge on any atom is -0.353 e.